The molecule has 2 heterocycles. The van der Waals surface area contributed by atoms with Crippen LogP contribution in [0.2, 0.25) is 5.02 Å². The molecular formula is C37H42ClN3O6. The number of hydrogen-bond donors (Lipinski definition) is 1. The Morgan fingerprint density at radius 2 is 1.62 bits per heavy atom. The molecule has 248 valence electrons. The van der Waals surface area contributed by atoms with Crippen LogP contribution in [0.3, 0.4) is 0 Å². The first kappa shape index (κ1) is 32.7. The quantitative estimate of drug-likeness (QED) is 0.189. The van der Waals surface area contributed by atoms with Gasteiger partial charge in [0.1, 0.15) is 36.2 Å². The summed E-state index contributed by atoms with van der Waals surface area (Å²) in [5, 5.41) is 4.22. The topological polar surface area (TPSA) is 89.6 Å². The Morgan fingerprint density at radius 1 is 0.936 bits per heavy atom. The van der Waals surface area contributed by atoms with Gasteiger partial charge in [0.05, 0.1) is 25.3 Å². The van der Waals surface area contributed by atoms with Crippen LogP contribution in [-0.2, 0) is 16.1 Å². The zero-order chi connectivity index (χ0) is 33.1. The van der Waals surface area contributed by atoms with Gasteiger partial charge in [0, 0.05) is 43.4 Å². The van der Waals surface area contributed by atoms with Gasteiger partial charge < -0.3 is 34.1 Å². The highest BCUT2D eigenvalue weighted by Crippen LogP contribution is 2.38. The number of halogens is 1. The molecule has 1 saturated heterocycles. The van der Waals surface area contributed by atoms with Gasteiger partial charge in [-0.15, -0.1) is 0 Å². The fourth-order valence-electron chi connectivity index (χ4n) is 6.47. The summed E-state index contributed by atoms with van der Waals surface area (Å²) in [4.78, 5) is 30.2. The molecule has 3 aromatic rings. The average molecular weight is 660 g/mol. The number of benzene rings is 3. The van der Waals surface area contributed by atoms with Crippen LogP contribution in [0.5, 0.6) is 23.0 Å². The third-order valence-electron chi connectivity index (χ3n) is 9.19. The molecule has 9 nitrogen and oxygen atoms in total. The van der Waals surface area contributed by atoms with Crippen molar-refractivity contribution < 1.29 is 28.5 Å². The lowest BCUT2D eigenvalue weighted by atomic mass is 9.83. The lowest BCUT2D eigenvalue weighted by Gasteiger charge is -2.44. The lowest BCUT2D eigenvalue weighted by molar-refractivity contribution is -0.129. The SMILES string of the molecule is COc1cc(CN(C(=O)C2=C(c3ccc(OCCOc4cc(C)c(C)cc4Cl)cc3)C[C@@H]3CN(C=O)C[C@H]2N3)C2CC2)cc(OC)c1. The Morgan fingerprint density at radius 3 is 2.28 bits per heavy atom. The van der Waals surface area contributed by atoms with E-state index in [1.54, 1.807) is 19.1 Å². The zero-order valence-electron chi connectivity index (χ0n) is 27.4. The molecule has 6 rings (SSSR count). The summed E-state index contributed by atoms with van der Waals surface area (Å²) in [7, 11) is 3.25. The van der Waals surface area contributed by atoms with Crippen LogP contribution in [0, 0.1) is 13.8 Å². The number of nitrogens with one attached hydrogen (secondary N) is 1. The van der Waals surface area contributed by atoms with E-state index < -0.39 is 0 Å². The van der Waals surface area contributed by atoms with Gasteiger partial charge in [-0.2, -0.15) is 0 Å². The van der Waals surface area contributed by atoms with Crippen LogP contribution in [0.15, 0.2) is 60.2 Å². The van der Waals surface area contributed by atoms with Gasteiger partial charge >= 0.3 is 0 Å². The van der Waals surface area contributed by atoms with Gasteiger partial charge in [-0.1, -0.05) is 23.7 Å². The largest absolute Gasteiger partial charge is 0.497 e. The summed E-state index contributed by atoms with van der Waals surface area (Å²) in [5.74, 6) is 2.72. The van der Waals surface area contributed by atoms with Crippen LogP contribution in [-0.4, -0.2) is 80.8 Å². The number of carbonyl (C=O) groups is 2. The van der Waals surface area contributed by atoms with Gasteiger partial charge in [-0.25, -0.2) is 0 Å². The van der Waals surface area contributed by atoms with E-state index in [0.29, 0.717) is 67.3 Å². The van der Waals surface area contributed by atoms with E-state index in [1.807, 2.05) is 73.3 Å². The second-order valence-corrected chi connectivity index (χ2v) is 13.0. The maximum Gasteiger partial charge on any atom is 0.252 e. The number of piperazine rings is 1. The van der Waals surface area contributed by atoms with Gasteiger partial charge in [0.25, 0.3) is 5.91 Å². The Kier molecular flexibility index (Phi) is 9.94. The van der Waals surface area contributed by atoms with Crippen molar-refractivity contribution in [1.82, 2.24) is 15.1 Å². The highest BCUT2D eigenvalue weighted by atomic mass is 35.5. The normalized spacial score (nSPS) is 18.9. The molecule has 2 fully saturated rings. The number of amides is 2. The van der Waals surface area contributed by atoms with E-state index in [0.717, 1.165) is 52.7 Å². The first-order valence-electron chi connectivity index (χ1n) is 16.1. The van der Waals surface area contributed by atoms with Crippen LogP contribution in [0.4, 0.5) is 0 Å². The highest BCUT2D eigenvalue weighted by Gasteiger charge is 2.42. The van der Waals surface area contributed by atoms with E-state index in [1.165, 1.54) is 0 Å². The predicted octanol–water partition coefficient (Wildman–Crippen LogP) is 5.58. The summed E-state index contributed by atoms with van der Waals surface area (Å²) < 4.78 is 22.8. The number of aryl methyl sites for hydroxylation is 2. The van der Waals surface area contributed by atoms with Gasteiger partial charge in [-0.3, -0.25) is 9.59 Å². The fourth-order valence-corrected chi connectivity index (χ4v) is 6.75. The molecule has 1 aliphatic carbocycles. The lowest BCUT2D eigenvalue weighted by Crippen LogP contribution is -2.60. The third-order valence-corrected chi connectivity index (χ3v) is 9.48. The second kappa shape index (κ2) is 14.3. The Balaban J connectivity index is 1.22. The molecule has 1 N–H and O–H groups in total. The van der Waals surface area contributed by atoms with Crippen molar-refractivity contribution in [2.45, 2.75) is 57.8 Å². The molecule has 2 bridgehead atoms. The summed E-state index contributed by atoms with van der Waals surface area (Å²) in [6, 6.07) is 17.4. The van der Waals surface area contributed by atoms with E-state index in [4.69, 9.17) is 30.5 Å². The van der Waals surface area contributed by atoms with Crippen molar-refractivity contribution in [2.75, 3.05) is 40.5 Å². The summed E-state index contributed by atoms with van der Waals surface area (Å²) in [6.07, 6.45) is 3.45. The van der Waals surface area contributed by atoms with Crippen LogP contribution >= 0.6 is 11.6 Å². The Hall–Kier alpha value is -4.21. The second-order valence-electron chi connectivity index (χ2n) is 12.5. The number of rotatable bonds is 13. The molecular weight excluding hydrogens is 618 g/mol. The number of methoxy groups -OCH3 is 2. The van der Waals surface area contributed by atoms with Crippen molar-refractivity contribution in [3.05, 3.63) is 87.4 Å². The fraction of sp³-hybridized carbons (Fsp3) is 0.405. The molecule has 0 radical (unpaired) electrons. The van der Waals surface area contributed by atoms with Crippen molar-refractivity contribution in [1.29, 1.82) is 0 Å². The maximum absolute atomic E-state index is 14.6. The van der Waals surface area contributed by atoms with Gasteiger partial charge in [0.15, 0.2) is 0 Å². The first-order chi connectivity index (χ1) is 22.8. The molecule has 0 aromatic heterocycles. The van der Waals surface area contributed by atoms with Crippen molar-refractivity contribution in [3.8, 4) is 23.0 Å². The minimum Gasteiger partial charge on any atom is -0.497 e. The summed E-state index contributed by atoms with van der Waals surface area (Å²) >= 11 is 6.35. The Labute approximate surface area is 281 Å². The smallest absolute Gasteiger partial charge is 0.252 e. The number of hydrogen-bond acceptors (Lipinski definition) is 7. The number of ether oxygens (including phenoxy) is 4. The monoisotopic (exact) mass is 659 g/mol. The summed E-state index contributed by atoms with van der Waals surface area (Å²) in [6.45, 7) is 6.24. The van der Waals surface area contributed by atoms with E-state index in [-0.39, 0.29) is 24.0 Å². The molecule has 10 heteroatoms. The molecule has 47 heavy (non-hydrogen) atoms. The minimum absolute atomic E-state index is 0.00420. The molecule has 2 amide bonds. The van der Waals surface area contributed by atoms with Crippen molar-refractivity contribution in [3.63, 3.8) is 0 Å². The van der Waals surface area contributed by atoms with Crippen LogP contribution in [0.25, 0.3) is 5.57 Å². The number of fused-ring (bicyclic) bond motifs is 2. The van der Waals surface area contributed by atoms with E-state index in [9.17, 15) is 9.59 Å². The van der Waals surface area contributed by atoms with Gasteiger partial charge in [-0.05, 0) is 97.3 Å². The predicted molar refractivity (Wildman–Crippen MR) is 181 cm³/mol. The minimum atomic E-state index is -0.262. The number of carbonyl (C=O) groups excluding carboxylic acids is 2. The zero-order valence-corrected chi connectivity index (χ0v) is 28.1. The van der Waals surface area contributed by atoms with E-state index >= 15 is 0 Å². The van der Waals surface area contributed by atoms with Crippen LogP contribution in [0.1, 0.15) is 41.5 Å². The third kappa shape index (κ3) is 7.52. The van der Waals surface area contributed by atoms with E-state index in [2.05, 4.69) is 5.32 Å². The molecule has 3 aromatic carbocycles. The molecule has 0 spiro atoms. The molecule has 3 aliphatic rings. The number of nitrogens with zero attached hydrogens (tertiary/aromatic N) is 2. The highest BCUT2D eigenvalue weighted by molar-refractivity contribution is 6.32. The maximum atomic E-state index is 14.6. The molecule has 0 unspecified atom stereocenters. The van der Waals surface area contributed by atoms with Crippen LogP contribution < -0.4 is 24.3 Å². The average Bonchev–Trinajstić information content (AvgIpc) is 3.92. The summed E-state index contributed by atoms with van der Waals surface area (Å²) in [5.41, 5.74) is 5.90. The Bertz CT molecular complexity index is 1630. The first-order valence-corrected chi connectivity index (χ1v) is 16.5. The van der Waals surface area contributed by atoms with Crippen molar-refractivity contribution in [2.24, 2.45) is 0 Å². The molecule has 2 atom stereocenters. The van der Waals surface area contributed by atoms with Crippen molar-refractivity contribution >= 4 is 29.5 Å². The molecule has 1 saturated carbocycles. The molecule has 2 aliphatic heterocycles. The van der Waals surface area contributed by atoms with Gasteiger partial charge in [0.2, 0.25) is 6.41 Å². The standard InChI is InChI=1S/C37H42ClN3O6/c1-23-13-33(38)35(14-24(23)2)47-12-11-46-29-9-5-26(6-10-29)32-17-27-20-40(22-42)21-34(39-27)36(32)37(43)41(28-7-8-28)19-25-15-30(44-3)18-31(16-25)45-4/h5-6,9-10,13-16,18,22,27-28,34,39H,7-8,11-12,17,19-21H2,1-4H3/t27-,34-/m1/s1.